The number of nitrogens with zero attached hydrogens (tertiary/aromatic N) is 2. The predicted molar refractivity (Wildman–Crippen MR) is 97.8 cm³/mol. The van der Waals surface area contributed by atoms with Gasteiger partial charge in [-0.25, -0.2) is 4.98 Å². The maximum absolute atomic E-state index is 13.0. The second-order valence-corrected chi connectivity index (χ2v) is 8.14. The van der Waals surface area contributed by atoms with Gasteiger partial charge in [-0.3, -0.25) is 9.36 Å². The van der Waals surface area contributed by atoms with Gasteiger partial charge in [0.1, 0.15) is 15.8 Å². The molecule has 0 aliphatic heterocycles. The summed E-state index contributed by atoms with van der Waals surface area (Å²) in [6.07, 6.45) is -3.40. The number of thiophene rings is 1. The van der Waals surface area contributed by atoms with Crippen molar-refractivity contribution in [3.05, 3.63) is 38.2 Å². The molecule has 0 saturated heterocycles. The zero-order chi connectivity index (χ0) is 19.1. The predicted octanol–water partition coefficient (Wildman–Crippen LogP) is 5.13. The Morgan fingerprint density at radius 1 is 1.27 bits per heavy atom. The SMILES string of the molecule is CNc1nc(C2CCC(C(F)(F)F)CC2)n(-c2ccc(C)s2)c(=O)c1Cl. The number of hydrogen-bond acceptors (Lipinski definition) is 4. The van der Waals surface area contributed by atoms with Gasteiger partial charge in [0.15, 0.2) is 5.82 Å². The molecule has 26 heavy (non-hydrogen) atoms. The second kappa shape index (κ2) is 7.23. The zero-order valence-corrected chi connectivity index (χ0v) is 15.9. The van der Waals surface area contributed by atoms with Crippen molar-refractivity contribution in [3.63, 3.8) is 0 Å². The Bertz CT molecular complexity index is 854. The first-order chi connectivity index (χ1) is 12.2. The highest BCUT2D eigenvalue weighted by molar-refractivity contribution is 7.14. The Morgan fingerprint density at radius 2 is 1.92 bits per heavy atom. The summed E-state index contributed by atoms with van der Waals surface area (Å²) in [5.41, 5.74) is -0.402. The molecule has 1 saturated carbocycles. The molecule has 9 heteroatoms. The number of rotatable bonds is 3. The van der Waals surface area contributed by atoms with Gasteiger partial charge in [0.25, 0.3) is 5.56 Å². The van der Waals surface area contributed by atoms with E-state index in [1.54, 1.807) is 7.05 Å². The lowest BCUT2D eigenvalue weighted by Crippen LogP contribution is -2.31. The third kappa shape index (κ3) is 3.62. The van der Waals surface area contributed by atoms with E-state index >= 15 is 0 Å². The fraction of sp³-hybridized carbons (Fsp3) is 0.529. The van der Waals surface area contributed by atoms with Crippen molar-refractivity contribution in [3.8, 4) is 5.00 Å². The molecule has 3 rings (SSSR count). The third-order valence-corrected chi connectivity index (χ3v) is 6.12. The van der Waals surface area contributed by atoms with E-state index < -0.39 is 17.7 Å². The Hall–Kier alpha value is -1.54. The highest BCUT2D eigenvalue weighted by Crippen LogP contribution is 2.43. The zero-order valence-electron chi connectivity index (χ0n) is 14.4. The van der Waals surface area contributed by atoms with Crippen molar-refractivity contribution in [1.29, 1.82) is 0 Å². The van der Waals surface area contributed by atoms with Gasteiger partial charge in [-0.2, -0.15) is 13.2 Å². The van der Waals surface area contributed by atoms with E-state index in [1.165, 1.54) is 15.9 Å². The standard InChI is InChI=1S/C17H19ClF3N3OS/c1-9-3-8-12(26-9)24-15(23-14(22-2)13(18)16(24)25)10-4-6-11(7-5-10)17(19,20)21/h3,8,10-11,22H,4-7H2,1-2H3. The van der Waals surface area contributed by atoms with Crippen LogP contribution in [-0.2, 0) is 0 Å². The summed E-state index contributed by atoms with van der Waals surface area (Å²) in [4.78, 5) is 18.3. The van der Waals surface area contributed by atoms with E-state index in [9.17, 15) is 18.0 Å². The molecule has 0 radical (unpaired) electrons. The molecule has 1 aliphatic carbocycles. The highest BCUT2D eigenvalue weighted by Gasteiger charge is 2.42. The quantitative estimate of drug-likeness (QED) is 0.769. The molecule has 0 unspecified atom stereocenters. The minimum Gasteiger partial charge on any atom is -0.372 e. The Balaban J connectivity index is 2.04. The smallest absolute Gasteiger partial charge is 0.372 e. The van der Waals surface area contributed by atoms with E-state index in [2.05, 4.69) is 10.3 Å². The average molecular weight is 406 g/mol. The Labute approximate surface area is 158 Å². The van der Waals surface area contributed by atoms with Crippen LogP contribution in [0.2, 0.25) is 5.02 Å². The number of hydrogen-bond donors (Lipinski definition) is 1. The van der Waals surface area contributed by atoms with Gasteiger partial charge in [-0.05, 0) is 44.7 Å². The van der Waals surface area contributed by atoms with Crippen molar-refractivity contribution < 1.29 is 13.2 Å². The molecule has 2 aromatic rings. The first kappa shape index (κ1) is 19.2. The molecule has 1 fully saturated rings. The van der Waals surface area contributed by atoms with Crippen molar-refractivity contribution in [1.82, 2.24) is 9.55 Å². The van der Waals surface area contributed by atoms with Crippen molar-refractivity contribution in [2.75, 3.05) is 12.4 Å². The number of halogens is 4. The van der Waals surface area contributed by atoms with Gasteiger partial charge in [0.2, 0.25) is 0 Å². The van der Waals surface area contributed by atoms with Crippen molar-refractivity contribution in [2.45, 2.75) is 44.7 Å². The topological polar surface area (TPSA) is 46.9 Å². The minimum atomic E-state index is -4.17. The van der Waals surface area contributed by atoms with Gasteiger partial charge >= 0.3 is 6.18 Å². The average Bonchev–Trinajstić information content (AvgIpc) is 3.02. The largest absolute Gasteiger partial charge is 0.391 e. The van der Waals surface area contributed by atoms with Crippen LogP contribution in [0.15, 0.2) is 16.9 Å². The molecule has 2 aromatic heterocycles. The Kier molecular flexibility index (Phi) is 5.35. The number of aryl methyl sites for hydroxylation is 1. The molecule has 0 atom stereocenters. The summed E-state index contributed by atoms with van der Waals surface area (Å²) >= 11 is 7.57. The van der Waals surface area contributed by atoms with Gasteiger partial charge in [-0.1, -0.05) is 11.6 Å². The molecule has 2 heterocycles. The third-order valence-electron chi connectivity index (χ3n) is 4.79. The normalized spacial score (nSPS) is 21.0. The molecule has 0 spiro atoms. The lowest BCUT2D eigenvalue weighted by molar-refractivity contribution is -0.182. The van der Waals surface area contributed by atoms with Crippen LogP contribution in [0.25, 0.3) is 5.00 Å². The summed E-state index contributed by atoms with van der Waals surface area (Å²) in [5.74, 6) is -0.757. The number of nitrogens with one attached hydrogen (secondary N) is 1. The van der Waals surface area contributed by atoms with Crippen LogP contribution < -0.4 is 10.9 Å². The van der Waals surface area contributed by atoms with Gasteiger partial charge in [0.05, 0.1) is 5.92 Å². The molecule has 0 bridgehead atoms. The van der Waals surface area contributed by atoms with Crippen LogP contribution in [0.3, 0.4) is 0 Å². The maximum Gasteiger partial charge on any atom is 0.391 e. The molecule has 0 aromatic carbocycles. The maximum atomic E-state index is 13.0. The molecule has 142 valence electrons. The van der Waals surface area contributed by atoms with Crippen LogP contribution in [0.1, 0.15) is 42.3 Å². The summed E-state index contributed by atoms with van der Waals surface area (Å²) in [5, 5.41) is 3.46. The summed E-state index contributed by atoms with van der Waals surface area (Å²) in [6, 6.07) is 3.69. The molecule has 1 N–H and O–H groups in total. The van der Waals surface area contributed by atoms with E-state index in [1.807, 2.05) is 19.1 Å². The van der Waals surface area contributed by atoms with Crippen molar-refractivity contribution in [2.24, 2.45) is 5.92 Å². The van der Waals surface area contributed by atoms with Crippen LogP contribution >= 0.6 is 22.9 Å². The van der Waals surface area contributed by atoms with Gasteiger partial charge in [0, 0.05) is 17.8 Å². The first-order valence-electron chi connectivity index (χ1n) is 8.36. The van der Waals surface area contributed by atoms with Gasteiger partial charge < -0.3 is 5.32 Å². The molecular formula is C17H19ClF3N3OS. The molecule has 1 aliphatic rings. The molecule has 0 amide bonds. The first-order valence-corrected chi connectivity index (χ1v) is 9.55. The fourth-order valence-corrected chi connectivity index (χ4v) is 4.48. The number of aromatic nitrogens is 2. The molecule has 4 nitrogen and oxygen atoms in total. The Morgan fingerprint density at radius 3 is 2.42 bits per heavy atom. The fourth-order valence-electron chi connectivity index (χ4n) is 3.39. The van der Waals surface area contributed by atoms with E-state index in [-0.39, 0.29) is 29.6 Å². The lowest BCUT2D eigenvalue weighted by atomic mass is 9.81. The monoisotopic (exact) mass is 405 g/mol. The summed E-state index contributed by atoms with van der Waals surface area (Å²) in [7, 11) is 1.61. The summed E-state index contributed by atoms with van der Waals surface area (Å²) in [6.45, 7) is 1.92. The van der Waals surface area contributed by atoms with Crippen LogP contribution in [0, 0.1) is 12.8 Å². The van der Waals surface area contributed by atoms with Crippen LogP contribution in [0.5, 0.6) is 0 Å². The molecular weight excluding hydrogens is 387 g/mol. The second-order valence-electron chi connectivity index (χ2n) is 6.50. The van der Waals surface area contributed by atoms with Crippen molar-refractivity contribution >= 4 is 28.8 Å². The lowest BCUT2D eigenvalue weighted by Gasteiger charge is -2.30. The summed E-state index contributed by atoms with van der Waals surface area (Å²) < 4.78 is 40.3. The van der Waals surface area contributed by atoms with Crippen LogP contribution in [0.4, 0.5) is 19.0 Å². The van der Waals surface area contributed by atoms with E-state index in [0.717, 1.165) is 4.88 Å². The van der Waals surface area contributed by atoms with Crippen LogP contribution in [-0.4, -0.2) is 22.8 Å². The number of alkyl halides is 3. The number of anilines is 1. The van der Waals surface area contributed by atoms with E-state index in [4.69, 9.17) is 11.6 Å². The van der Waals surface area contributed by atoms with Gasteiger partial charge in [-0.15, -0.1) is 11.3 Å². The minimum absolute atomic E-state index is 0.0220. The van der Waals surface area contributed by atoms with E-state index in [0.29, 0.717) is 23.7 Å². The highest BCUT2D eigenvalue weighted by atomic mass is 35.5.